The second-order valence-electron chi connectivity index (χ2n) is 4.21. The van der Waals surface area contributed by atoms with Gasteiger partial charge in [0.2, 0.25) is 0 Å². The van der Waals surface area contributed by atoms with E-state index in [0.717, 1.165) is 0 Å². The average molecular weight is 281 g/mol. The normalized spacial score (nSPS) is 25.9. The van der Waals surface area contributed by atoms with Crippen LogP contribution in [0, 0.1) is 0 Å². The molecule has 0 spiro atoms. The van der Waals surface area contributed by atoms with Crippen molar-refractivity contribution in [3.8, 4) is 0 Å². The van der Waals surface area contributed by atoms with Crippen LogP contribution in [-0.4, -0.2) is 47.2 Å². The van der Waals surface area contributed by atoms with E-state index < -0.39 is 23.4 Å². The number of carbonyl (C=O) groups is 2. The first kappa shape index (κ1) is 13.9. The molecular weight excluding hydrogens is 266 g/mol. The highest BCUT2D eigenvalue weighted by atomic mass is 32.2. The lowest BCUT2D eigenvalue weighted by atomic mass is 10.1. The highest BCUT2D eigenvalue weighted by Gasteiger charge is 2.41. The number of amides is 1. The highest BCUT2D eigenvalue weighted by Crippen LogP contribution is 2.28. The van der Waals surface area contributed by atoms with E-state index in [1.807, 2.05) is 6.07 Å². The van der Waals surface area contributed by atoms with Crippen LogP contribution in [0.1, 0.15) is 10.4 Å². The summed E-state index contributed by atoms with van der Waals surface area (Å²) >= 11 is 1.29. The predicted molar refractivity (Wildman–Crippen MR) is 72.0 cm³/mol. The monoisotopic (exact) mass is 281 g/mol. The zero-order valence-corrected chi connectivity index (χ0v) is 11.2. The van der Waals surface area contributed by atoms with Crippen LogP contribution >= 0.6 is 11.8 Å². The van der Waals surface area contributed by atoms with Gasteiger partial charge < -0.3 is 15.2 Å². The van der Waals surface area contributed by atoms with Gasteiger partial charge in [-0.25, -0.2) is 0 Å². The number of benzene rings is 1. The van der Waals surface area contributed by atoms with Crippen molar-refractivity contribution in [2.75, 3.05) is 12.9 Å². The molecule has 102 valence electrons. The molecule has 0 bridgehead atoms. The maximum atomic E-state index is 11.9. The zero-order valence-electron chi connectivity index (χ0n) is 10.4. The minimum Gasteiger partial charge on any atom is -0.468 e. The Morgan fingerprint density at radius 3 is 2.68 bits per heavy atom. The van der Waals surface area contributed by atoms with E-state index in [0.29, 0.717) is 11.3 Å². The van der Waals surface area contributed by atoms with Crippen molar-refractivity contribution in [2.24, 2.45) is 0 Å². The Bertz CT molecular complexity index is 465. The molecule has 1 amide bonds. The third kappa shape index (κ3) is 3.08. The van der Waals surface area contributed by atoms with Crippen molar-refractivity contribution < 1.29 is 19.4 Å². The quantitative estimate of drug-likeness (QED) is 0.786. The lowest BCUT2D eigenvalue weighted by Crippen LogP contribution is -2.46. The lowest BCUT2D eigenvalue weighted by Gasteiger charge is -2.18. The number of thioether (sulfide) groups is 1. The van der Waals surface area contributed by atoms with Gasteiger partial charge in [0.1, 0.15) is 5.25 Å². The Morgan fingerprint density at radius 2 is 2.05 bits per heavy atom. The number of ether oxygens (including phenoxy) is 1. The van der Waals surface area contributed by atoms with Gasteiger partial charge in [0.05, 0.1) is 19.3 Å². The summed E-state index contributed by atoms with van der Waals surface area (Å²) in [5.74, 6) is -0.232. The first-order valence-electron chi connectivity index (χ1n) is 5.87. The maximum absolute atomic E-state index is 11.9. The molecule has 1 aromatic carbocycles. The summed E-state index contributed by atoms with van der Waals surface area (Å²) in [6.07, 6.45) is -0.926. The number of rotatable bonds is 3. The van der Waals surface area contributed by atoms with Crippen LogP contribution in [0.15, 0.2) is 30.3 Å². The Hall–Kier alpha value is -1.53. The minimum absolute atomic E-state index is 0.254. The van der Waals surface area contributed by atoms with Crippen molar-refractivity contribution in [3.05, 3.63) is 35.9 Å². The van der Waals surface area contributed by atoms with Gasteiger partial charge in [-0.2, -0.15) is 0 Å². The van der Waals surface area contributed by atoms with Crippen LogP contribution in [0.25, 0.3) is 0 Å². The van der Waals surface area contributed by atoms with E-state index in [4.69, 9.17) is 0 Å². The molecule has 2 N–H and O–H groups in total. The lowest BCUT2D eigenvalue weighted by molar-refractivity contribution is -0.142. The molecule has 1 heterocycles. The van der Waals surface area contributed by atoms with Crippen molar-refractivity contribution in [2.45, 2.75) is 17.4 Å². The number of carbonyl (C=O) groups excluding carboxylic acids is 2. The Labute approximate surface area is 115 Å². The van der Waals surface area contributed by atoms with Gasteiger partial charge in [0, 0.05) is 11.3 Å². The molecule has 19 heavy (non-hydrogen) atoms. The first-order chi connectivity index (χ1) is 9.13. The second-order valence-corrected chi connectivity index (χ2v) is 5.39. The molecule has 1 saturated heterocycles. The van der Waals surface area contributed by atoms with Gasteiger partial charge >= 0.3 is 5.97 Å². The average Bonchev–Trinajstić information content (AvgIpc) is 2.80. The molecule has 2 rings (SSSR count). The Morgan fingerprint density at radius 1 is 1.37 bits per heavy atom. The molecule has 0 unspecified atom stereocenters. The molecule has 0 radical (unpaired) electrons. The fraction of sp³-hybridized carbons (Fsp3) is 0.385. The predicted octanol–water partition coefficient (Wildman–Crippen LogP) is 0.434. The number of hydrogen-bond acceptors (Lipinski definition) is 5. The summed E-state index contributed by atoms with van der Waals surface area (Å²) in [7, 11) is 1.28. The Balaban J connectivity index is 1.98. The molecule has 0 saturated carbocycles. The maximum Gasteiger partial charge on any atom is 0.321 e. The third-order valence-electron chi connectivity index (χ3n) is 2.96. The molecule has 3 atom stereocenters. The van der Waals surface area contributed by atoms with Crippen molar-refractivity contribution in [1.29, 1.82) is 0 Å². The van der Waals surface area contributed by atoms with Gasteiger partial charge in [0.15, 0.2) is 0 Å². The van der Waals surface area contributed by atoms with E-state index in [1.165, 1.54) is 18.9 Å². The van der Waals surface area contributed by atoms with Gasteiger partial charge in [-0.1, -0.05) is 18.2 Å². The topological polar surface area (TPSA) is 75.6 Å². The fourth-order valence-corrected chi connectivity index (χ4v) is 3.22. The largest absolute Gasteiger partial charge is 0.468 e. The number of aliphatic hydroxyl groups is 1. The number of hydrogen-bond donors (Lipinski definition) is 2. The SMILES string of the molecule is COC(=O)[C@H]1SC[C@H](NC(=O)c2ccccc2)[C@@H]1O. The van der Waals surface area contributed by atoms with E-state index in [-0.39, 0.29) is 5.91 Å². The van der Waals surface area contributed by atoms with Gasteiger partial charge in [0.25, 0.3) is 5.91 Å². The van der Waals surface area contributed by atoms with Crippen molar-refractivity contribution in [3.63, 3.8) is 0 Å². The third-order valence-corrected chi connectivity index (χ3v) is 4.35. The van der Waals surface area contributed by atoms with E-state index >= 15 is 0 Å². The van der Waals surface area contributed by atoms with E-state index in [9.17, 15) is 14.7 Å². The summed E-state index contributed by atoms with van der Waals surface area (Å²) in [5, 5.41) is 12.1. The standard InChI is InChI=1S/C13H15NO4S/c1-18-13(17)11-10(15)9(7-19-11)14-12(16)8-5-3-2-4-6-8/h2-6,9-11,15H,7H2,1H3,(H,14,16)/t9-,10-,11-/m0/s1. The van der Waals surface area contributed by atoms with Crippen LogP contribution in [0.3, 0.4) is 0 Å². The van der Waals surface area contributed by atoms with Crippen LogP contribution in [0.5, 0.6) is 0 Å². The summed E-state index contributed by atoms with van der Waals surface area (Å²) in [6, 6.07) is 8.31. The molecule has 5 nitrogen and oxygen atoms in total. The molecular formula is C13H15NO4S. The minimum atomic E-state index is -0.926. The van der Waals surface area contributed by atoms with E-state index in [1.54, 1.807) is 24.3 Å². The van der Waals surface area contributed by atoms with Crippen LogP contribution < -0.4 is 5.32 Å². The summed E-state index contributed by atoms with van der Waals surface area (Å²) in [5.41, 5.74) is 0.529. The van der Waals surface area contributed by atoms with Crippen LogP contribution in [0.4, 0.5) is 0 Å². The number of nitrogens with one attached hydrogen (secondary N) is 1. The number of methoxy groups -OCH3 is 1. The number of aliphatic hydroxyl groups excluding tert-OH is 1. The molecule has 1 fully saturated rings. The van der Waals surface area contributed by atoms with Crippen LogP contribution in [0.2, 0.25) is 0 Å². The van der Waals surface area contributed by atoms with E-state index in [2.05, 4.69) is 10.1 Å². The van der Waals surface area contributed by atoms with Gasteiger partial charge in [-0.3, -0.25) is 9.59 Å². The van der Waals surface area contributed by atoms with Gasteiger partial charge in [-0.05, 0) is 12.1 Å². The summed E-state index contributed by atoms with van der Waals surface area (Å²) in [6.45, 7) is 0. The second kappa shape index (κ2) is 6.08. The fourth-order valence-electron chi connectivity index (χ4n) is 1.91. The van der Waals surface area contributed by atoms with Crippen molar-refractivity contribution >= 4 is 23.6 Å². The smallest absolute Gasteiger partial charge is 0.321 e. The summed E-state index contributed by atoms with van der Waals surface area (Å²) in [4.78, 5) is 23.4. The molecule has 1 aliphatic rings. The Kier molecular flexibility index (Phi) is 4.44. The molecule has 1 aliphatic heterocycles. The zero-order chi connectivity index (χ0) is 13.8. The van der Waals surface area contributed by atoms with Crippen LogP contribution in [-0.2, 0) is 9.53 Å². The highest BCUT2D eigenvalue weighted by molar-refractivity contribution is 8.01. The summed E-state index contributed by atoms with van der Waals surface area (Å²) < 4.78 is 4.61. The molecule has 0 aromatic heterocycles. The van der Waals surface area contributed by atoms with Crippen molar-refractivity contribution in [1.82, 2.24) is 5.32 Å². The first-order valence-corrected chi connectivity index (χ1v) is 6.91. The number of esters is 1. The molecule has 0 aliphatic carbocycles. The molecule has 1 aromatic rings. The molecule has 6 heteroatoms. The van der Waals surface area contributed by atoms with Gasteiger partial charge in [-0.15, -0.1) is 11.8 Å².